The van der Waals surface area contributed by atoms with E-state index in [4.69, 9.17) is 4.74 Å². The van der Waals surface area contributed by atoms with Gasteiger partial charge >= 0.3 is 5.97 Å². The van der Waals surface area contributed by atoms with Crippen LogP contribution >= 0.6 is 15.9 Å². The van der Waals surface area contributed by atoms with E-state index in [-0.39, 0.29) is 5.97 Å². The molecule has 1 aromatic rings. The summed E-state index contributed by atoms with van der Waals surface area (Å²) in [7, 11) is 1.45. The molecular weight excluding hydrogens is 286 g/mol. The van der Waals surface area contributed by atoms with Gasteiger partial charge in [0.15, 0.2) is 0 Å². The highest BCUT2D eigenvalue weighted by Crippen LogP contribution is 2.22. The zero-order valence-corrected chi connectivity index (χ0v) is 11.5. The van der Waals surface area contributed by atoms with Crippen LogP contribution in [0, 0.1) is 0 Å². The lowest BCUT2D eigenvalue weighted by atomic mass is 10.2. The number of halogens is 1. The lowest BCUT2D eigenvalue weighted by Gasteiger charge is -2.15. The molecule has 0 aliphatic carbocycles. The second kappa shape index (κ2) is 5.82. The average Bonchev–Trinajstić information content (AvgIpc) is 2.26. The van der Waals surface area contributed by atoms with Gasteiger partial charge < -0.3 is 9.57 Å². The van der Waals surface area contributed by atoms with Crippen molar-refractivity contribution in [3.63, 3.8) is 0 Å². The van der Waals surface area contributed by atoms with Gasteiger partial charge in [-0.1, -0.05) is 33.2 Å². The number of carbonyl (C=O) groups is 1. The van der Waals surface area contributed by atoms with Crippen molar-refractivity contribution in [2.75, 3.05) is 7.11 Å². The van der Waals surface area contributed by atoms with Gasteiger partial charge in [0.25, 0.3) is 0 Å². The van der Waals surface area contributed by atoms with Gasteiger partial charge in [0.05, 0.1) is 6.21 Å². The van der Waals surface area contributed by atoms with E-state index in [1.165, 1.54) is 13.3 Å². The number of rotatable bonds is 4. The van der Waals surface area contributed by atoms with Crippen molar-refractivity contribution in [1.82, 2.24) is 0 Å². The molecule has 0 radical (unpaired) electrons. The van der Waals surface area contributed by atoms with E-state index in [0.29, 0.717) is 11.3 Å². The summed E-state index contributed by atoms with van der Waals surface area (Å²) in [6.45, 7) is 3.45. The highest BCUT2D eigenvalue weighted by atomic mass is 79.9. The van der Waals surface area contributed by atoms with Gasteiger partial charge in [-0.25, -0.2) is 0 Å². The number of benzene rings is 1. The van der Waals surface area contributed by atoms with Crippen LogP contribution in [-0.2, 0) is 9.63 Å². The molecule has 0 saturated carbocycles. The molecule has 0 unspecified atom stereocenters. The Labute approximate surface area is 109 Å². The fourth-order valence-electron chi connectivity index (χ4n) is 1.01. The second-order valence-electron chi connectivity index (χ2n) is 3.82. The minimum Gasteiger partial charge on any atom is -0.425 e. The van der Waals surface area contributed by atoms with Crippen molar-refractivity contribution in [3.8, 4) is 5.75 Å². The van der Waals surface area contributed by atoms with Crippen LogP contribution < -0.4 is 4.74 Å². The van der Waals surface area contributed by atoms with E-state index >= 15 is 0 Å². The Morgan fingerprint density at radius 2 is 2.06 bits per heavy atom. The van der Waals surface area contributed by atoms with E-state index in [9.17, 15) is 4.79 Å². The summed E-state index contributed by atoms with van der Waals surface area (Å²) in [4.78, 5) is 16.3. The molecule has 0 atom stereocenters. The Kier molecular flexibility index (Phi) is 4.69. The van der Waals surface area contributed by atoms with Crippen molar-refractivity contribution in [2.24, 2.45) is 5.16 Å². The molecule has 0 saturated heterocycles. The van der Waals surface area contributed by atoms with Crippen molar-refractivity contribution in [2.45, 2.75) is 18.2 Å². The fourth-order valence-corrected chi connectivity index (χ4v) is 1.09. The maximum atomic E-state index is 11.7. The first kappa shape index (κ1) is 13.7. The van der Waals surface area contributed by atoms with E-state index in [1.54, 1.807) is 32.0 Å². The third-order valence-electron chi connectivity index (χ3n) is 1.90. The monoisotopic (exact) mass is 299 g/mol. The first-order chi connectivity index (χ1) is 7.95. The van der Waals surface area contributed by atoms with Crippen molar-refractivity contribution in [3.05, 3.63) is 29.8 Å². The topological polar surface area (TPSA) is 47.9 Å². The Morgan fingerprint density at radius 1 is 1.41 bits per heavy atom. The number of hydrogen-bond acceptors (Lipinski definition) is 4. The standard InChI is InChI=1S/C12H14BrNO3/c1-12(2,13)11(15)17-10-7-5-4-6-9(10)8-14-16-3/h4-8H,1-3H3. The predicted octanol–water partition coefficient (Wildman–Crippen LogP) is 2.75. The Bertz CT molecular complexity index is 424. The maximum absolute atomic E-state index is 11.7. The number of esters is 1. The molecule has 92 valence electrons. The Balaban J connectivity index is 2.91. The van der Waals surface area contributed by atoms with Crippen LogP contribution in [0.15, 0.2) is 29.4 Å². The Morgan fingerprint density at radius 3 is 2.65 bits per heavy atom. The van der Waals surface area contributed by atoms with Crippen LogP contribution in [0.1, 0.15) is 19.4 Å². The number of oxime groups is 1. The average molecular weight is 300 g/mol. The third-order valence-corrected chi connectivity index (χ3v) is 2.23. The summed E-state index contributed by atoms with van der Waals surface area (Å²) < 4.78 is 4.55. The summed E-state index contributed by atoms with van der Waals surface area (Å²) >= 11 is 3.25. The van der Waals surface area contributed by atoms with Gasteiger partial charge in [-0.3, -0.25) is 4.79 Å². The predicted molar refractivity (Wildman–Crippen MR) is 69.7 cm³/mol. The number of ether oxygens (including phenoxy) is 1. The van der Waals surface area contributed by atoms with E-state index in [2.05, 4.69) is 25.9 Å². The van der Waals surface area contributed by atoms with Gasteiger partial charge in [-0.2, -0.15) is 0 Å². The van der Waals surface area contributed by atoms with Crippen molar-refractivity contribution in [1.29, 1.82) is 0 Å². The van der Waals surface area contributed by atoms with Crippen LogP contribution in [0.3, 0.4) is 0 Å². The quantitative estimate of drug-likeness (QED) is 0.282. The largest absolute Gasteiger partial charge is 0.425 e. The normalized spacial score (nSPS) is 11.5. The number of hydrogen-bond donors (Lipinski definition) is 0. The molecule has 0 spiro atoms. The number of para-hydroxylation sites is 1. The zero-order chi connectivity index (χ0) is 12.9. The molecule has 0 fully saturated rings. The molecule has 0 aromatic heterocycles. The third kappa shape index (κ3) is 4.19. The lowest BCUT2D eigenvalue weighted by molar-refractivity contribution is -0.136. The van der Waals surface area contributed by atoms with Crippen LogP contribution in [0.25, 0.3) is 0 Å². The lowest BCUT2D eigenvalue weighted by Crippen LogP contribution is -2.29. The van der Waals surface area contributed by atoms with Gasteiger partial charge in [0.1, 0.15) is 17.2 Å². The fraction of sp³-hybridized carbons (Fsp3) is 0.333. The van der Waals surface area contributed by atoms with Crippen LogP contribution in [-0.4, -0.2) is 23.6 Å². The van der Waals surface area contributed by atoms with Gasteiger partial charge in [0.2, 0.25) is 0 Å². The highest BCUT2D eigenvalue weighted by Gasteiger charge is 2.26. The van der Waals surface area contributed by atoms with Crippen molar-refractivity contribution >= 4 is 28.1 Å². The minimum absolute atomic E-state index is 0.365. The van der Waals surface area contributed by atoms with Crippen molar-refractivity contribution < 1.29 is 14.4 Å². The molecule has 0 aliphatic heterocycles. The molecule has 0 bridgehead atoms. The molecule has 4 nitrogen and oxygen atoms in total. The smallest absolute Gasteiger partial charge is 0.327 e. The number of alkyl halides is 1. The first-order valence-corrected chi connectivity index (χ1v) is 5.81. The zero-order valence-electron chi connectivity index (χ0n) is 9.94. The minimum atomic E-state index is -0.724. The second-order valence-corrected chi connectivity index (χ2v) is 5.80. The summed E-state index contributed by atoms with van der Waals surface area (Å²) in [5, 5.41) is 3.64. The highest BCUT2D eigenvalue weighted by molar-refractivity contribution is 9.10. The molecule has 17 heavy (non-hydrogen) atoms. The molecule has 0 aliphatic rings. The maximum Gasteiger partial charge on any atom is 0.327 e. The van der Waals surface area contributed by atoms with Crippen LogP contribution in [0.5, 0.6) is 5.75 Å². The van der Waals surface area contributed by atoms with E-state index < -0.39 is 4.32 Å². The summed E-state index contributed by atoms with van der Waals surface area (Å²) in [5.41, 5.74) is 0.680. The molecule has 1 rings (SSSR count). The van der Waals surface area contributed by atoms with E-state index in [0.717, 1.165) is 0 Å². The molecule has 0 amide bonds. The van der Waals surface area contributed by atoms with Gasteiger partial charge in [-0.05, 0) is 26.0 Å². The molecular formula is C12H14BrNO3. The first-order valence-electron chi connectivity index (χ1n) is 5.02. The van der Waals surface area contributed by atoms with Crippen LogP contribution in [0.2, 0.25) is 0 Å². The number of carbonyl (C=O) groups excluding carboxylic acids is 1. The molecule has 0 heterocycles. The van der Waals surface area contributed by atoms with Gasteiger partial charge in [0, 0.05) is 5.56 Å². The van der Waals surface area contributed by atoms with E-state index in [1.807, 2.05) is 6.07 Å². The molecule has 5 heteroatoms. The summed E-state index contributed by atoms with van der Waals surface area (Å²) in [6, 6.07) is 7.10. The van der Waals surface area contributed by atoms with Gasteiger partial charge in [-0.15, -0.1) is 0 Å². The summed E-state index contributed by atoms with van der Waals surface area (Å²) in [5.74, 6) is 0.0848. The SMILES string of the molecule is CON=Cc1ccccc1OC(=O)C(C)(C)Br. The summed E-state index contributed by atoms with van der Waals surface area (Å²) in [6.07, 6.45) is 1.49. The number of nitrogens with zero attached hydrogens (tertiary/aromatic N) is 1. The molecule has 0 N–H and O–H groups in total. The van der Waals surface area contributed by atoms with Crippen LogP contribution in [0.4, 0.5) is 0 Å². The molecule has 1 aromatic carbocycles. The Hall–Kier alpha value is -1.36.